The highest BCUT2D eigenvalue weighted by Crippen LogP contribution is 2.20. The van der Waals surface area contributed by atoms with E-state index in [-0.39, 0.29) is 11.1 Å². The van der Waals surface area contributed by atoms with Crippen LogP contribution in [-0.2, 0) is 0 Å². The van der Waals surface area contributed by atoms with Crippen LogP contribution in [0.4, 0.5) is 18.9 Å². The van der Waals surface area contributed by atoms with Gasteiger partial charge in [-0.05, 0) is 42.5 Å². The van der Waals surface area contributed by atoms with Crippen LogP contribution in [0.1, 0.15) is 20.7 Å². The summed E-state index contributed by atoms with van der Waals surface area (Å²) >= 11 is 11.7. The Morgan fingerprint density at radius 2 is 1.44 bits per heavy atom. The maximum Gasteiger partial charge on any atom is 0.405 e. The second kappa shape index (κ2) is 7.76. The maximum atomic E-state index is 12.1. The van der Waals surface area contributed by atoms with Crippen LogP contribution in [0.15, 0.2) is 42.5 Å². The van der Waals surface area contributed by atoms with Crippen molar-refractivity contribution >= 4 is 40.7 Å². The van der Waals surface area contributed by atoms with E-state index < -0.39 is 24.5 Å². The van der Waals surface area contributed by atoms with Gasteiger partial charge in [0, 0.05) is 26.9 Å². The van der Waals surface area contributed by atoms with Gasteiger partial charge in [-0.3, -0.25) is 9.59 Å². The average molecular weight is 391 g/mol. The smallest absolute Gasteiger partial charge is 0.343 e. The Balaban J connectivity index is 2.02. The van der Waals surface area contributed by atoms with Gasteiger partial charge in [-0.25, -0.2) is 0 Å². The second-order valence-electron chi connectivity index (χ2n) is 4.99. The molecule has 9 heteroatoms. The molecule has 0 heterocycles. The van der Waals surface area contributed by atoms with Crippen molar-refractivity contribution in [1.82, 2.24) is 5.32 Å². The lowest BCUT2D eigenvalue weighted by molar-refractivity contribution is -0.123. The Morgan fingerprint density at radius 1 is 0.880 bits per heavy atom. The highest BCUT2D eigenvalue weighted by atomic mass is 35.5. The lowest BCUT2D eigenvalue weighted by Crippen LogP contribution is -2.33. The first-order valence-corrected chi connectivity index (χ1v) is 7.62. The molecule has 132 valence electrons. The van der Waals surface area contributed by atoms with Crippen molar-refractivity contribution in [2.45, 2.75) is 6.18 Å². The zero-order valence-electron chi connectivity index (χ0n) is 12.5. The Bertz CT molecular complexity index is 773. The van der Waals surface area contributed by atoms with Gasteiger partial charge in [0.1, 0.15) is 6.54 Å². The van der Waals surface area contributed by atoms with Crippen LogP contribution >= 0.6 is 23.2 Å². The Kier molecular flexibility index (Phi) is 5.92. The molecule has 2 aromatic rings. The normalized spacial score (nSPS) is 11.1. The third-order valence-corrected chi connectivity index (χ3v) is 3.42. The summed E-state index contributed by atoms with van der Waals surface area (Å²) in [7, 11) is 0. The SMILES string of the molecule is O=C(NCC(F)(F)F)c1ccc(NC(=O)c2cc(Cl)cc(Cl)c2)cc1. The second-order valence-corrected chi connectivity index (χ2v) is 5.86. The van der Waals surface area contributed by atoms with Crippen molar-refractivity contribution in [1.29, 1.82) is 0 Å². The molecule has 2 aromatic carbocycles. The molecular weight excluding hydrogens is 380 g/mol. The predicted molar refractivity (Wildman–Crippen MR) is 89.2 cm³/mol. The maximum absolute atomic E-state index is 12.1. The molecule has 0 aliphatic carbocycles. The summed E-state index contributed by atoms with van der Waals surface area (Å²) in [6, 6.07) is 9.73. The van der Waals surface area contributed by atoms with Gasteiger partial charge in [-0.1, -0.05) is 23.2 Å². The summed E-state index contributed by atoms with van der Waals surface area (Å²) in [5.74, 6) is -1.34. The summed E-state index contributed by atoms with van der Waals surface area (Å²) in [5.41, 5.74) is 0.631. The standard InChI is InChI=1S/C16H11Cl2F3N2O2/c17-11-5-10(6-12(18)7-11)15(25)23-13-3-1-9(2-4-13)14(24)22-8-16(19,20)21/h1-7H,8H2,(H,22,24)(H,23,25). The van der Waals surface area contributed by atoms with E-state index in [1.54, 1.807) is 5.32 Å². The van der Waals surface area contributed by atoms with Crippen molar-refractivity contribution in [3.63, 3.8) is 0 Å². The quantitative estimate of drug-likeness (QED) is 0.804. The van der Waals surface area contributed by atoms with Gasteiger partial charge in [0.15, 0.2) is 0 Å². The topological polar surface area (TPSA) is 58.2 Å². The van der Waals surface area contributed by atoms with E-state index in [0.29, 0.717) is 15.7 Å². The van der Waals surface area contributed by atoms with E-state index in [2.05, 4.69) is 5.32 Å². The fourth-order valence-electron chi connectivity index (χ4n) is 1.88. The molecule has 0 atom stereocenters. The number of alkyl halides is 3. The third-order valence-electron chi connectivity index (χ3n) is 2.98. The molecule has 0 fully saturated rings. The van der Waals surface area contributed by atoms with Crippen LogP contribution in [0.2, 0.25) is 10.0 Å². The molecule has 0 radical (unpaired) electrons. The minimum absolute atomic E-state index is 0.0352. The fraction of sp³-hybridized carbons (Fsp3) is 0.125. The number of rotatable bonds is 4. The van der Waals surface area contributed by atoms with Gasteiger partial charge >= 0.3 is 6.18 Å². The highest BCUT2D eigenvalue weighted by Gasteiger charge is 2.27. The van der Waals surface area contributed by atoms with Crippen LogP contribution in [0.25, 0.3) is 0 Å². The number of benzene rings is 2. The van der Waals surface area contributed by atoms with Crippen molar-refractivity contribution in [3.05, 3.63) is 63.6 Å². The summed E-state index contributed by atoms with van der Waals surface area (Å²) in [6.45, 7) is -1.42. The van der Waals surface area contributed by atoms with Gasteiger partial charge in [0.05, 0.1) is 0 Å². The number of carbonyl (C=O) groups is 2. The Morgan fingerprint density at radius 3 is 1.96 bits per heavy atom. The van der Waals surface area contributed by atoms with Crippen LogP contribution in [-0.4, -0.2) is 24.5 Å². The number of halogens is 5. The minimum atomic E-state index is -4.48. The van der Waals surface area contributed by atoms with Gasteiger partial charge in [-0.15, -0.1) is 0 Å². The Labute approximate surface area is 150 Å². The monoisotopic (exact) mass is 390 g/mol. The lowest BCUT2D eigenvalue weighted by atomic mass is 10.1. The minimum Gasteiger partial charge on any atom is -0.343 e. The van der Waals surface area contributed by atoms with Gasteiger partial charge < -0.3 is 10.6 Å². The van der Waals surface area contributed by atoms with Crippen molar-refractivity contribution in [2.75, 3.05) is 11.9 Å². The fourth-order valence-corrected chi connectivity index (χ4v) is 2.40. The molecule has 0 aliphatic heterocycles. The molecule has 0 aliphatic rings. The number of hydrogen-bond donors (Lipinski definition) is 2. The average Bonchev–Trinajstić information content (AvgIpc) is 2.51. The Hall–Kier alpha value is -2.25. The van der Waals surface area contributed by atoms with E-state index in [0.717, 1.165) is 0 Å². The summed E-state index contributed by atoms with van der Waals surface area (Å²) in [5, 5.41) is 4.92. The predicted octanol–water partition coefficient (Wildman–Crippen LogP) is 4.54. The highest BCUT2D eigenvalue weighted by molar-refractivity contribution is 6.35. The summed E-state index contributed by atoms with van der Waals surface area (Å²) < 4.78 is 36.2. The molecule has 0 saturated heterocycles. The number of nitrogens with one attached hydrogen (secondary N) is 2. The van der Waals surface area contributed by atoms with Crippen LogP contribution in [0.3, 0.4) is 0 Å². The number of carbonyl (C=O) groups excluding carboxylic acids is 2. The zero-order valence-corrected chi connectivity index (χ0v) is 14.0. The van der Waals surface area contributed by atoms with Crippen molar-refractivity contribution in [3.8, 4) is 0 Å². The molecule has 2 rings (SSSR count). The molecule has 0 bridgehead atoms. The van der Waals surface area contributed by atoms with E-state index >= 15 is 0 Å². The molecule has 0 saturated carbocycles. The molecule has 0 unspecified atom stereocenters. The van der Waals surface area contributed by atoms with Crippen LogP contribution in [0.5, 0.6) is 0 Å². The largest absolute Gasteiger partial charge is 0.405 e. The summed E-state index contributed by atoms with van der Waals surface area (Å²) in [4.78, 5) is 23.7. The first-order chi connectivity index (χ1) is 11.6. The molecule has 4 nitrogen and oxygen atoms in total. The first kappa shape index (κ1) is 19.1. The first-order valence-electron chi connectivity index (χ1n) is 6.86. The molecule has 25 heavy (non-hydrogen) atoms. The van der Waals surface area contributed by atoms with E-state index in [1.807, 2.05) is 0 Å². The van der Waals surface area contributed by atoms with E-state index in [9.17, 15) is 22.8 Å². The van der Waals surface area contributed by atoms with Crippen LogP contribution < -0.4 is 10.6 Å². The third kappa shape index (κ3) is 5.95. The van der Waals surface area contributed by atoms with Crippen molar-refractivity contribution in [2.24, 2.45) is 0 Å². The van der Waals surface area contributed by atoms with Crippen molar-refractivity contribution < 1.29 is 22.8 Å². The van der Waals surface area contributed by atoms with Crippen LogP contribution in [0, 0.1) is 0 Å². The number of amides is 2. The van der Waals surface area contributed by atoms with Gasteiger partial charge in [0.2, 0.25) is 0 Å². The molecule has 0 aromatic heterocycles. The molecule has 2 N–H and O–H groups in total. The summed E-state index contributed by atoms with van der Waals surface area (Å²) in [6.07, 6.45) is -4.48. The molecular formula is C16H11Cl2F3N2O2. The number of anilines is 1. The van der Waals surface area contributed by atoms with E-state index in [1.165, 1.54) is 42.5 Å². The number of hydrogen-bond acceptors (Lipinski definition) is 2. The van der Waals surface area contributed by atoms with Gasteiger partial charge in [-0.2, -0.15) is 13.2 Å². The molecule has 2 amide bonds. The van der Waals surface area contributed by atoms with E-state index in [4.69, 9.17) is 23.2 Å². The van der Waals surface area contributed by atoms with Gasteiger partial charge in [0.25, 0.3) is 11.8 Å². The zero-order chi connectivity index (χ0) is 18.6. The lowest BCUT2D eigenvalue weighted by Gasteiger charge is -2.09. The molecule has 0 spiro atoms.